The van der Waals surface area contributed by atoms with Crippen LogP contribution in [-0.4, -0.2) is 24.8 Å². The lowest BCUT2D eigenvalue weighted by molar-refractivity contribution is -0.149. The summed E-state index contributed by atoms with van der Waals surface area (Å²) < 4.78 is 4.87. The molecule has 0 heterocycles. The van der Waals surface area contributed by atoms with Gasteiger partial charge in [0.25, 0.3) is 0 Å². The van der Waals surface area contributed by atoms with Crippen molar-refractivity contribution in [2.24, 2.45) is 5.41 Å². The van der Waals surface area contributed by atoms with E-state index in [0.29, 0.717) is 19.4 Å². The van der Waals surface area contributed by atoms with E-state index in [0.717, 1.165) is 6.42 Å². The van der Waals surface area contributed by atoms with Crippen molar-refractivity contribution in [2.75, 3.05) is 13.7 Å². The second-order valence-electron chi connectivity index (χ2n) is 3.36. The summed E-state index contributed by atoms with van der Waals surface area (Å²) in [6.45, 7) is 4.29. The van der Waals surface area contributed by atoms with Gasteiger partial charge in [-0.05, 0) is 19.8 Å². The van der Waals surface area contributed by atoms with E-state index in [9.17, 15) is 4.79 Å². The van der Waals surface area contributed by atoms with E-state index in [1.807, 2.05) is 6.92 Å². The van der Waals surface area contributed by atoms with Crippen molar-refractivity contribution in [2.45, 2.75) is 33.1 Å². The van der Waals surface area contributed by atoms with Crippen molar-refractivity contribution in [1.82, 2.24) is 0 Å². The van der Waals surface area contributed by atoms with Crippen molar-refractivity contribution < 1.29 is 14.6 Å². The van der Waals surface area contributed by atoms with Crippen LogP contribution in [0.4, 0.5) is 0 Å². The third kappa shape index (κ3) is 3.22. The Morgan fingerprint density at radius 1 is 1.50 bits per heavy atom. The fraction of sp³-hybridized carbons (Fsp3) is 0.889. The van der Waals surface area contributed by atoms with Crippen molar-refractivity contribution in [3.8, 4) is 0 Å². The van der Waals surface area contributed by atoms with E-state index in [2.05, 4.69) is 0 Å². The fourth-order valence-electron chi connectivity index (χ4n) is 1.22. The predicted molar refractivity (Wildman–Crippen MR) is 47.1 cm³/mol. The molecule has 1 atom stereocenters. The number of hydrogen-bond donors (Lipinski definition) is 1. The maximum atomic E-state index is 10.9. The van der Waals surface area contributed by atoms with Gasteiger partial charge < -0.3 is 9.84 Å². The van der Waals surface area contributed by atoms with Crippen molar-refractivity contribution in [3.63, 3.8) is 0 Å². The minimum Gasteiger partial charge on any atom is -0.481 e. The van der Waals surface area contributed by atoms with Crippen LogP contribution < -0.4 is 0 Å². The van der Waals surface area contributed by atoms with E-state index in [1.165, 1.54) is 0 Å². The minimum absolute atomic E-state index is 0.517. The molecule has 0 aliphatic carbocycles. The average molecular weight is 174 g/mol. The van der Waals surface area contributed by atoms with Crippen LogP contribution in [0.3, 0.4) is 0 Å². The monoisotopic (exact) mass is 174 g/mol. The highest BCUT2D eigenvalue weighted by molar-refractivity contribution is 5.74. The minimum atomic E-state index is -0.721. The van der Waals surface area contributed by atoms with Crippen molar-refractivity contribution >= 4 is 5.97 Å². The first kappa shape index (κ1) is 11.4. The molecular weight excluding hydrogens is 156 g/mol. The molecule has 0 aromatic heterocycles. The van der Waals surface area contributed by atoms with Crippen LogP contribution in [0.15, 0.2) is 0 Å². The first-order chi connectivity index (χ1) is 5.56. The van der Waals surface area contributed by atoms with Crippen LogP contribution in [0, 0.1) is 5.41 Å². The number of carbonyl (C=O) groups is 1. The van der Waals surface area contributed by atoms with Gasteiger partial charge in [0.2, 0.25) is 0 Å². The summed E-state index contributed by atoms with van der Waals surface area (Å²) >= 11 is 0. The topological polar surface area (TPSA) is 46.5 Å². The molecule has 1 unspecified atom stereocenters. The SMILES string of the molecule is CCCC(C)(CCOC)C(=O)O. The van der Waals surface area contributed by atoms with Gasteiger partial charge in [-0.3, -0.25) is 4.79 Å². The lowest BCUT2D eigenvalue weighted by Gasteiger charge is -2.23. The summed E-state index contributed by atoms with van der Waals surface area (Å²) in [5, 5.41) is 8.93. The smallest absolute Gasteiger partial charge is 0.309 e. The van der Waals surface area contributed by atoms with Gasteiger partial charge in [0.15, 0.2) is 0 Å². The molecule has 0 amide bonds. The second kappa shape index (κ2) is 5.14. The molecule has 3 nitrogen and oxygen atoms in total. The van der Waals surface area contributed by atoms with Crippen LogP contribution >= 0.6 is 0 Å². The van der Waals surface area contributed by atoms with Gasteiger partial charge in [-0.1, -0.05) is 13.3 Å². The molecule has 72 valence electrons. The Hall–Kier alpha value is -0.570. The van der Waals surface area contributed by atoms with Crippen molar-refractivity contribution in [3.05, 3.63) is 0 Å². The van der Waals surface area contributed by atoms with Crippen LogP contribution in [-0.2, 0) is 9.53 Å². The molecule has 0 rings (SSSR count). The lowest BCUT2D eigenvalue weighted by atomic mass is 9.83. The summed E-state index contributed by atoms with van der Waals surface area (Å²) in [5.41, 5.74) is -0.606. The zero-order valence-electron chi connectivity index (χ0n) is 8.09. The molecule has 0 saturated heterocycles. The lowest BCUT2D eigenvalue weighted by Crippen LogP contribution is -2.28. The van der Waals surface area contributed by atoms with Crippen LogP contribution in [0.1, 0.15) is 33.1 Å². The molecule has 12 heavy (non-hydrogen) atoms. The molecule has 0 bridgehead atoms. The van der Waals surface area contributed by atoms with Gasteiger partial charge in [0.1, 0.15) is 0 Å². The van der Waals surface area contributed by atoms with E-state index in [-0.39, 0.29) is 0 Å². The molecule has 0 aliphatic heterocycles. The van der Waals surface area contributed by atoms with Crippen LogP contribution in [0.5, 0.6) is 0 Å². The largest absolute Gasteiger partial charge is 0.481 e. The summed E-state index contributed by atoms with van der Waals surface area (Å²) in [6.07, 6.45) is 2.20. The maximum absolute atomic E-state index is 10.9. The first-order valence-corrected chi connectivity index (χ1v) is 4.29. The van der Waals surface area contributed by atoms with E-state index < -0.39 is 11.4 Å². The van der Waals surface area contributed by atoms with E-state index >= 15 is 0 Å². The summed E-state index contributed by atoms with van der Waals surface area (Å²) in [6, 6.07) is 0. The molecule has 3 heteroatoms. The molecule has 1 N–H and O–H groups in total. The molecule has 0 saturated carbocycles. The first-order valence-electron chi connectivity index (χ1n) is 4.29. The third-order valence-corrected chi connectivity index (χ3v) is 2.18. The number of rotatable bonds is 6. The molecule has 0 aliphatic rings. The van der Waals surface area contributed by atoms with Crippen LogP contribution in [0.25, 0.3) is 0 Å². The number of carboxylic acids is 1. The quantitative estimate of drug-likeness (QED) is 0.669. The Morgan fingerprint density at radius 3 is 2.42 bits per heavy atom. The Labute approximate surface area is 73.7 Å². The van der Waals surface area contributed by atoms with Gasteiger partial charge in [-0.15, -0.1) is 0 Å². The second-order valence-corrected chi connectivity index (χ2v) is 3.36. The summed E-state index contributed by atoms with van der Waals surface area (Å²) in [5.74, 6) is -0.721. The molecule has 0 aromatic carbocycles. The Balaban J connectivity index is 4.08. The Morgan fingerprint density at radius 2 is 2.08 bits per heavy atom. The van der Waals surface area contributed by atoms with Crippen LogP contribution in [0.2, 0.25) is 0 Å². The van der Waals surface area contributed by atoms with Gasteiger partial charge in [0, 0.05) is 13.7 Å². The zero-order chi connectivity index (χ0) is 9.61. The predicted octanol–water partition coefficient (Wildman–Crippen LogP) is 1.91. The summed E-state index contributed by atoms with van der Waals surface area (Å²) in [4.78, 5) is 10.9. The highest BCUT2D eigenvalue weighted by Gasteiger charge is 2.31. The fourth-order valence-corrected chi connectivity index (χ4v) is 1.22. The molecule has 0 aromatic rings. The summed E-state index contributed by atoms with van der Waals surface area (Å²) in [7, 11) is 1.59. The number of methoxy groups -OCH3 is 1. The number of hydrogen-bond acceptors (Lipinski definition) is 2. The third-order valence-electron chi connectivity index (χ3n) is 2.18. The van der Waals surface area contributed by atoms with Gasteiger partial charge >= 0.3 is 5.97 Å². The Bertz CT molecular complexity index is 145. The number of ether oxygens (including phenoxy) is 1. The normalized spacial score (nSPS) is 15.6. The molecule has 0 radical (unpaired) electrons. The van der Waals surface area contributed by atoms with E-state index in [1.54, 1.807) is 14.0 Å². The number of carboxylic acid groups (broad SMARTS) is 1. The Kier molecular flexibility index (Phi) is 4.90. The maximum Gasteiger partial charge on any atom is 0.309 e. The van der Waals surface area contributed by atoms with Gasteiger partial charge in [0.05, 0.1) is 5.41 Å². The highest BCUT2D eigenvalue weighted by Crippen LogP contribution is 2.27. The zero-order valence-corrected chi connectivity index (χ0v) is 8.09. The van der Waals surface area contributed by atoms with Crippen molar-refractivity contribution in [1.29, 1.82) is 0 Å². The number of aliphatic carboxylic acids is 1. The molecular formula is C9H18O3. The average Bonchev–Trinajstić information content (AvgIpc) is 2.01. The standard InChI is InChI=1S/C9H18O3/c1-4-5-9(2,8(10)11)6-7-12-3/h4-7H2,1-3H3,(H,10,11). The molecule has 0 spiro atoms. The van der Waals surface area contributed by atoms with Gasteiger partial charge in [-0.25, -0.2) is 0 Å². The highest BCUT2D eigenvalue weighted by atomic mass is 16.5. The van der Waals surface area contributed by atoms with Gasteiger partial charge in [-0.2, -0.15) is 0 Å². The molecule has 0 fully saturated rings. The van der Waals surface area contributed by atoms with E-state index in [4.69, 9.17) is 9.84 Å².